The first-order valence-electron chi connectivity index (χ1n) is 5.21. The lowest BCUT2D eigenvalue weighted by molar-refractivity contribution is -0.288. The Hall–Kier alpha value is -1.06. The summed E-state index contributed by atoms with van der Waals surface area (Å²) in [5.41, 5.74) is 0.856. The number of phenolic OH excluding ortho intramolecular Hbond substituents is 1. The molecule has 3 heteroatoms. The minimum Gasteiger partial charge on any atom is -0.508 e. The first kappa shape index (κ1) is 10.5. The molecule has 0 radical (unpaired) electrons. The van der Waals surface area contributed by atoms with Gasteiger partial charge in [0.05, 0.1) is 12.7 Å². The molecule has 1 aromatic carbocycles. The molecule has 1 aliphatic heterocycles. The summed E-state index contributed by atoms with van der Waals surface area (Å²) in [7, 11) is 0. The third-order valence-electron chi connectivity index (χ3n) is 2.70. The van der Waals surface area contributed by atoms with Crippen LogP contribution in [-0.4, -0.2) is 17.8 Å². The largest absolute Gasteiger partial charge is 0.508 e. The van der Waals surface area contributed by atoms with Crippen molar-refractivity contribution in [1.29, 1.82) is 0 Å². The van der Waals surface area contributed by atoms with Crippen molar-refractivity contribution in [3.63, 3.8) is 0 Å². The molecule has 0 amide bonds. The van der Waals surface area contributed by atoms with Crippen LogP contribution in [0.3, 0.4) is 0 Å². The van der Waals surface area contributed by atoms with Crippen molar-refractivity contribution >= 4 is 0 Å². The standard InChI is InChI=1S/C12H16O3/c1-9-6-7-14-12(2,15-9)10-4-3-5-11(13)8-10/h3-5,8-9,13H,6-7H2,1-2H3. The summed E-state index contributed by atoms with van der Waals surface area (Å²) in [5, 5.41) is 9.41. The van der Waals surface area contributed by atoms with Gasteiger partial charge in [-0.1, -0.05) is 12.1 Å². The molecule has 1 N–H and O–H groups in total. The van der Waals surface area contributed by atoms with Gasteiger partial charge in [-0.05, 0) is 32.4 Å². The minimum atomic E-state index is -0.726. The van der Waals surface area contributed by atoms with Crippen LogP contribution in [0.2, 0.25) is 0 Å². The van der Waals surface area contributed by atoms with Gasteiger partial charge in [-0.2, -0.15) is 0 Å². The maximum Gasteiger partial charge on any atom is 0.192 e. The van der Waals surface area contributed by atoms with E-state index in [-0.39, 0.29) is 11.9 Å². The fourth-order valence-corrected chi connectivity index (χ4v) is 1.84. The molecule has 1 saturated heterocycles. The van der Waals surface area contributed by atoms with E-state index in [1.165, 1.54) is 0 Å². The molecule has 15 heavy (non-hydrogen) atoms. The van der Waals surface area contributed by atoms with Crippen LogP contribution in [-0.2, 0) is 15.3 Å². The molecule has 1 aliphatic rings. The smallest absolute Gasteiger partial charge is 0.192 e. The maximum absolute atomic E-state index is 9.41. The highest BCUT2D eigenvalue weighted by atomic mass is 16.7. The van der Waals surface area contributed by atoms with Crippen molar-refractivity contribution in [2.75, 3.05) is 6.61 Å². The number of hydrogen-bond acceptors (Lipinski definition) is 3. The van der Waals surface area contributed by atoms with Crippen LogP contribution in [0, 0.1) is 0 Å². The second-order valence-electron chi connectivity index (χ2n) is 4.06. The lowest BCUT2D eigenvalue weighted by atomic mass is 10.1. The Balaban J connectivity index is 2.28. The van der Waals surface area contributed by atoms with E-state index in [1.54, 1.807) is 18.2 Å². The van der Waals surface area contributed by atoms with E-state index in [9.17, 15) is 5.11 Å². The molecule has 2 atom stereocenters. The van der Waals surface area contributed by atoms with Crippen LogP contribution >= 0.6 is 0 Å². The molecule has 1 aromatic rings. The highest BCUT2D eigenvalue weighted by molar-refractivity contribution is 5.30. The number of rotatable bonds is 1. The first-order valence-corrected chi connectivity index (χ1v) is 5.21. The molecule has 3 nitrogen and oxygen atoms in total. The number of hydrogen-bond donors (Lipinski definition) is 1. The molecule has 2 rings (SSSR count). The highest BCUT2D eigenvalue weighted by Gasteiger charge is 2.34. The molecule has 1 heterocycles. The average molecular weight is 208 g/mol. The zero-order chi connectivity index (χ0) is 10.9. The van der Waals surface area contributed by atoms with Crippen LogP contribution in [0.1, 0.15) is 25.8 Å². The van der Waals surface area contributed by atoms with Crippen LogP contribution in [0.4, 0.5) is 0 Å². The highest BCUT2D eigenvalue weighted by Crippen LogP contribution is 2.33. The van der Waals surface area contributed by atoms with Crippen LogP contribution < -0.4 is 0 Å². The van der Waals surface area contributed by atoms with E-state index in [2.05, 4.69) is 0 Å². The average Bonchev–Trinajstić information content (AvgIpc) is 2.17. The topological polar surface area (TPSA) is 38.7 Å². The maximum atomic E-state index is 9.41. The number of aromatic hydroxyl groups is 1. The van der Waals surface area contributed by atoms with Gasteiger partial charge < -0.3 is 14.6 Å². The van der Waals surface area contributed by atoms with Crippen molar-refractivity contribution in [3.05, 3.63) is 29.8 Å². The van der Waals surface area contributed by atoms with Gasteiger partial charge in [-0.3, -0.25) is 0 Å². The minimum absolute atomic E-state index is 0.186. The molecule has 0 saturated carbocycles. The molecule has 0 aromatic heterocycles. The Morgan fingerprint density at radius 3 is 2.93 bits per heavy atom. The van der Waals surface area contributed by atoms with Gasteiger partial charge >= 0.3 is 0 Å². The summed E-state index contributed by atoms with van der Waals surface area (Å²) in [6.07, 6.45) is 1.10. The van der Waals surface area contributed by atoms with Crippen LogP contribution in [0.25, 0.3) is 0 Å². The predicted molar refractivity (Wildman–Crippen MR) is 56.6 cm³/mol. The van der Waals surface area contributed by atoms with Crippen molar-refractivity contribution in [2.45, 2.75) is 32.2 Å². The summed E-state index contributed by atoms with van der Waals surface area (Å²) in [5.74, 6) is -0.490. The Morgan fingerprint density at radius 2 is 2.27 bits per heavy atom. The second kappa shape index (κ2) is 3.83. The fourth-order valence-electron chi connectivity index (χ4n) is 1.84. The normalized spacial score (nSPS) is 31.5. The van der Waals surface area contributed by atoms with Gasteiger partial charge in [0.1, 0.15) is 5.75 Å². The molecule has 1 fully saturated rings. The van der Waals surface area contributed by atoms with Gasteiger partial charge in [0.15, 0.2) is 5.79 Å². The van der Waals surface area contributed by atoms with Crippen molar-refractivity contribution in [3.8, 4) is 5.75 Å². The molecular formula is C12H16O3. The summed E-state index contributed by atoms with van der Waals surface area (Å²) in [4.78, 5) is 0. The van der Waals surface area contributed by atoms with E-state index in [0.717, 1.165) is 12.0 Å². The number of ether oxygens (including phenoxy) is 2. The van der Waals surface area contributed by atoms with E-state index in [1.807, 2.05) is 19.9 Å². The third-order valence-corrected chi connectivity index (χ3v) is 2.70. The van der Waals surface area contributed by atoms with E-state index < -0.39 is 5.79 Å². The van der Waals surface area contributed by atoms with E-state index in [4.69, 9.17) is 9.47 Å². The van der Waals surface area contributed by atoms with Gasteiger partial charge in [0.25, 0.3) is 0 Å². The molecule has 0 bridgehead atoms. The zero-order valence-corrected chi connectivity index (χ0v) is 9.06. The fraction of sp³-hybridized carbons (Fsp3) is 0.500. The van der Waals surface area contributed by atoms with Crippen molar-refractivity contribution in [1.82, 2.24) is 0 Å². The summed E-state index contributed by atoms with van der Waals surface area (Å²) < 4.78 is 11.4. The first-order chi connectivity index (χ1) is 7.10. The van der Waals surface area contributed by atoms with E-state index >= 15 is 0 Å². The third kappa shape index (κ3) is 2.13. The predicted octanol–water partition coefficient (Wildman–Crippen LogP) is 2.39. The van der Waals surface area contributed by atoms with Crippen LogP contribution in [0.5, 0.6) is 5.75 Å². The summed E-state index contributed by atoms with van der Waals surface area (Å²) in [6, 6.07) is 7.01. The Bertz CT molecular complexity index is 350. The molecular weight excluding hydrogens is 192 g/mol. The van der Waals surface area contributed by atoms with Crippen molar-refractivity contribution < 1.29 is 14.6 Å². The van der Waals surface area contributed by atoms with Gasteiger partial charge in [0, 0.05) is 5.56 Å². The quantitative estimate of drug-likeness (QED) is 0.770. The summed E-state index contributed by atoms with van der Waals surface area (Å²) in [6.45, 7) is 4.61. The molecule has 2 unspecified atom stereocenters. The van der Waals surface area contributed by atoms with Gasteiger partial charge in [-0.25, -0.2) is 0 Å². The second-order valence-corrected chi connectivity index (χ2v) is 4.06. The SMILES string of the molecule is CC1CCOC(C)(c2cccc(O)c2)O1. The summed E-state index contributed by atoms with van der Waals surface area (Å²) >= 11 is 0. The van der Waals surface area contributed by atoms with Crippen molar-refractivity contribution in [2.24, 2.45) is 0 Å². The number of benzene rings is 1. The monoisotopic (exact) mass is 208 g/mol. The number of phenols is 1. The Morgan fingerprint density at radius 1 is 1.47 bits per heavy atom. The van der Waals surface area contributed by atoms with E-state index in [0.29, 0.717) is 6.61 Å². The van der Waals surface area contributed by atoms with Crippen LogP contribution in [0.15, 0.2) is 24.3 Å². The molecule has 82 valence electrons. The van der Waals surface area contributed by atoms with Gasteiger partial charge in [-0.15, -0.1) is 0 Å². The zero-order valence-electron chi connectivity index (χ0n) is 9.06. The lowest BCUT2D eigenvalue weighted by Gasteiger charge is -2.37. The molecule has 0 spiro atoms. The van der Waals surface area contributed by atoms with Gasteiger partial charge in [0.2, 0.25) is 0 Å². The Labute approximate surface area is 89.6 Å². The molecule has 0 aliphatic carbocycles. The Kier molecular flexibility index (Phi) is 2.67. The lowest BCUT2D eigenvalue weighted by Crippen LogP contribution is -2.38.